The third-order valence-electron chi connectivity index (χ3n) is 8.06. The van der Waals surface area contributed by atoms with Crippen molar-refractivity contribution in [2.24, 2.45) is 10.8 Å². The maximum Gasteiger partial charge on any atom is 0.221 e. The number of amides is 1. The largest absolute Gasteiger partial charge is 0.392 e. The highest BCUT2D eigenvalue weighted by molar-refractivity contribution is 5.88. The van der Waals surface area contributed by atoms with E-state index in [1.807, 2.05) is 36.4 Å². The van der Waals surface area contributed by atoms with Crippen LogP contribution in [0.15, 0.2) is 48.5 Å². The highest BCUT2D eigenvalue weighted by Gasteiger charge is 2.50. The standard InChI is InChI=1S/C30H40N2O4/c1-20(34)31-24-7-5-6-23(12-24)28-35-26(13-27(36-28)22-10-8-21(17-33)9-11-22)16-32-19-30(4)15-25(32)14-29(2,3)18-30/h5-12,25-28,33H,13-19H2,1-4H3,(H,31,34)/t25?,26-,27+,28+,30?/m0/s1. The van der Waals surface area contributed by atoms with Gasteiger partial charge in [0.05, 0.1) is 18.8 Å². The lowest BCUT2D eigenvalue weighted by atomic mass is 9.65. The van der Waals surface area contributed by atoms with Gasteiger partial charge in [-0.3, -0.25) is 9.69 Å². The van der Waals surface area contributed by atoms with Gasteiger partial charge >= 0.3 is 0 Å². The van der Waals surface area contributed by atoms with Crippen molar-refractivity contribution in [1.29, 1.82) is 0 Å². The molecular weight excluding hydrogens is 452 g/mol. The first-order valence-corrected chi connectivity index (χ1v) is 13.2. The molecule has 0 radical (unpaired) electrons. The third kappa shape index (κ3) is 5.67. The minimum atomic E-state index is -0.519. The van der Waals surface area contributed by atoms with Crippen LogP contribution in [0.2, 0.25) is 0 Å². The van der Waals surface area contributed by atoms with Crippen LogP contribution in [0.3, 0.4) is 0 Å². The maximum absolute atomic E-state index is 11.6. The zero-order chi connectivity index (χ0) is 25.5. The molecule has 5 rings (SSSR count). The molecule has 2 aromatic carbocycles. The highest BCUT2D eigenvalue weighted by atomic mass is 16.7. The number of benzene rings is 2. The first-order chi connectivity index (χ1) is 17.1. The van der Waals surface area contributed by atoms with Gasteiger partial charge in [0.1, 0.15) is 0 Å². The van der Waals surface area contributed by atoms with Crippen molar-refractivity contribution >= 4 is 11.6 Å². The Balaban J connectivity index is 1.38. The molecule has 6 heteroatoms. The molecule has 2 saturated heterocycles. The Morgan fingerprint density at radius 3 is 2.58 bits per heavy atom. The summed E-state index contributed by atoms with van der Waals surface area (Å²) in [5, 5.41) is 12.3. The van der Waals surface area contributed by atoms with Crippen molar-refractivity contribution in [3.8, 4) is 0 Å². The van der Waals surface area contributed by atoms with Crippen LogP contribution in [-0.2, 0) is 20.9 Å². The topological polar surface area (TPSA) is 71.0 Å². The Bertz CT molecular complexity index is 1080. The number of carbonyl (C=O) groups is 1. The van der Waals surface area contributed by atoms with E-state index in [9.17, 15) is 9.90 Å². The van der Waals surface area contributed by atoms with Crippen LogP contribution in [0, 0.1) is 10.8 Å². The smallest absolute Gasteiger partial charge is 0.221 e. The molecule has 2 heterocycles. The van der Waals surface area contributed by atoms with E-state index in [2.05, 4.69) is 43.1 Å². The number of fused-ring (bicyclic) bond motifs is 2. The number of hydrogen-bond acceptors (Lipinski definition) is 5. The van der Waals surface area contributed by atoms with E-state index in [0.29, 0.717) is 16.9 Å². The summed E-state index contributed by atoms with van der Waals surface area (Å²) in [5.41, 5.74) is 4.38. The first-order valence-electron chi connectivity index (χ1n) is 13.2. The van der Waals surface area contributed by atoms with Crippen LogP contribution in [0.4, 0.5) is 5.69 Å². The van der Waals surface area contributed by atoms with Gasteiger partial charge in [0, 0.05) is 43.7 Å². The van der Waals surface area contributed by atoms with Gasteiger partial charge in [-0.25, -0.2) is 0 Å². The summed E-state index contributed by atoms with van der Waals surface area (Å²) in [6.07, 6.45) is 3.97. The SMILES string of the molecule is CC(=O)Nc1cccc([C@@H]2O[C@H](CN3CC4(C)CC3CC(C)(C)C4)C[C@H](c3ccc(CO)cc3)O2)c1. The first kappa shape index (κ1) is 25.4. The molecule has 2 bridgehead atoms. The van der Waals surface area contributed by atoms with Gasteiger partial charge < -0.3 is 19.9 Å². The molecule has 2 aromatic rings. The number of nitrogens with zero attached hydrogens (tertiary/aromatic N) is 1. The van der Waals surface area contributed by atoms with Crippen molar-refractivity contribution in [2.45, 2.75) is 84.5 Å². The summed E-state index contributed by atoms with van der Waals surface area (Å²) < 4.78 is 13.1. The van der Waals surface area contributed by atoms with E-state index in [1.165, 1.54) is 26.2 Å². The Hall–Kier alpha value is -2.25. The summed E-state index contributed by atoms with van der Waals surface area (Å²) in [5.74, 6) is -0.103. The maximum atomic E-state index is 11.6. The van der Waals surface area contributed by atoms with Crippen LogP contribution in [0.5, 0.6) is 0 Å². The van der Waals surface area contributed by atoms with Crippen LogP contribution < -0.4 is 5.32 Å². The van der Waals surface area contributed by atoms with E-state index >= 15 is 0 Å². The average molecular weight is 493 g/mol. The number of likely N-dealkylation sites (tertiary alicyclic amines) is 1. The fourth-order valence-corrected chi connectivity index (χ4v) is 7.05. The molecule has 194 valence electrons. The molecule has 6 nitrogen and oxygen atoms in total. The molecule has 2 unspecified atom stereocenters. The summed E-state index contributed by atoms with van der Waals surface area (Å²) >= 11 is 0. The molecule has 36 heavy (non-hydrogen) atoms. The van der Waals surface area contributed by atoms with E-state index in [0.717, 1.165) is 41.9 Å². The molecule has 3 aliphatic rings. The number of aliphatic hydroxyl groups excluding tert-OH is 1. The lowest BCUT2D eigenvalue weighted by Gasteiger charge is -2.41. The normalized spacial score (nSPS) is 31.8. The quantitative estimate of drug-likeness (QED) is 0.551. The van der Waals surface area contributed by atoms with Gasteiger partial charge in [0.2, 0.25) is 5.91 Å². The zero-order valence-electron chi connectivity index (χ0n) is 22.0. The minimum absolute atomic E-state index is 0.0293. The Labute approximate surface area is 215 Å². The summed E-state index contributed by atoms with van der Waals surface area (Å²) in [7, 11) is 0. The predicted octanol–water partition coefficient (Wildman–Crippen LogP) is 5.58. The molecule has 2 N–H and O–H groups in total. The molecular formula is C30H40N2O4. The van der Waals surface area contributed by atoms with Crippen molar-refractivity contribution in [2.75, 3.05) is 18.4 Å². The van der Waals surface area contributed by atoms with Crippen molar-refractivity contribution in [1.82, 2.24) is 4.90 Å². The highest BCUT2D eigenvalue weighted by Crippen LogP contribution is 2.53. The molecule has 0 spiro atoms. The van der Waals surface area contributed by atoms with E-state index in [1.54, 1.807) is 0 Å². The lowest BCUT2D eigenvalue weighted by Crippen LogP contribution is -2.42. The van der Waals surface area contributed by atoms with Gasteiger partial charge in [0.25, 0.3) is 0 Å². The molecule has 1 saturated carbocycles. The van der Waals surface area contributed by atoms with E-state index in [4.69, 9.17) is 9.47 Å². The second-order valence-electron chi connectivity index (χ2n) is 12.3. The van der Waals surface area contributed by atoms with Gasteiger partial charge in [-0.15, -0.1) is 0 Å². The van der Waals surface area contributed by atoms with E-state index in [-0.39, 0.29) is 24.7 Å². The summed E-state index contributed by atoms with van der Waals surface area (Å²) in [6.45, 7) is 10.8. The monoisotopic (exact) mass is 492 g/mol. The van der Waals surface area contributed by atoms with Crippen LogP contribution >= 0.6 is 0 Å². The van der Waals surface area contributed by atoms with Gasteiger partial charge in [-0.2, -0.15) is 0 Å². The number of ether oxygens (including phenoxy) is 2. The Morgan fingerprint density at radius 2 is 1.86 bits per heavy atom. The fourth-order valence-electron chi connectivity index (χ4n) is 7.05. The van der Waals surface area contributed by atoms with Gasteiger partial charge in [-0.05, 0) is 53.4 Å². The van der Waals surface area contributed by atoms with Crippen LogP contribution in [0.25, 0.3) is 0 Å². The lowest BCUT2D eigenvalue weighted by molar-refractivity contribution is -0.253. The second-order valence-corrected chi connectivity index (χ2v) is 12.3. The van der Waals surface area contributed by atoms with Crippen molar-refractivity contribution in [3.05, 3.63) is 65.2 Å². The summed E-state index contributed by atoms with van der Waals surface area (Å²) in [4.78, 5) is 14.3. The van der Waals surface area contributed by atoms with E-state index < -0.39 is 6.29 Å². The number of rotatable bonds is 6. The number of nitrogens with one attached hydrogen (secondary N) is 1. The molecule has 1 amide bonds. The number of carbonyl (C=O) groups excluding carboxylic acids is 1. The molecule has 1 aliphatic carbocycles. The molecule has 3 fully saturated rings. The van der Waals surface area contributed by atoms with Crippen LogP contribution in [-0.4, -0.2) is 41.1 Å². The van der Waals surface area contributed by atoms with Crippen LogP contribution in [0.1, 0.15) is 82.5 Å². The Morgan fingerprint density at radius 1 is 1.08 bits per heavy atom. The molecule has 2 aliphatic heterocycles. The van der Waals surface area contributed by atoms with Gasteiger partial charge in [-0.1, -0.05) is 57.2 Å². The van der Waals surface area contributed by atoms with Gasteiger partial charge in [0.15, 0.2) is 6.29 Å². The second kappa shape index (κ2) is 9.90. The summed E-state index contributed by atoms with van der Waals surface area (Å²) in [6, 6.07) is 16.4. The van der Waals surface area contributed by atoms with Crippen molar-refractivity contribution in [3.63, 3.8) is 0 Å². The van der Waals surface area contributed by atoms with Crippen molar-refractivity contribution < 1.29 is 19.4 Å². The zero-order valence-corrected chi connectivity index (χ0v) is 22.0. The number of aliphatic hydroxyl groups is 1. The Kier molecular flexibility index (Phi) is 6.98. The third-order valence-corrected chi connectivity index (χ3v) is 8.06. The molecule has 0 aromatic heterocycles. The molecule has 5 atom stereocenters. The minimum Gasteiger partial charge on any atom is -0.392 e. The predicted molar refractivity (Wildman–Crippen MR) is 140 cm³/mol. The number of anilines is 1. The fraction of sp³-hybridized carbons (Fsp3) is 0.567. The average Bonchev–Trinajstić information content (AvgIpc) is 3.06. The number of hydrogen-bond donors (Lipinski definition) is 2.